The number of hydrogen-bond donors (Lipinski definition) is 1. The molecule has 0 saturated carbocycles. The van der Waals surface area contributed by atoms with Gasteiger partial charge in [-0.15, -0.1) is 0 Å². The van der Waals surface area contributed by atoms with Crippen LogP contribution in [0.15, 0.2) is 18.2 Å². The Morgan fingerprint density at radius 2 is 2.31 bits per heavy atom. The molecule has 2 rings (SSSR count). The first-order chi connectivity index (χ1) is 6.29. The summed E-state index contributed by atoms with van der Waals surface area (Å²) >= 11 is 2.00. The molecular weight excluding hydrogens is 178 g/mol. The molecule has 0 fully saturated rings. The van der Waals surface area contributed by atoms with Gasteiger partial charge in [-0.3, -0.25) is 0 Å². The Morgan fingerprint density at radius 1 is 1.46 bits per heavy atom. The SMILES string of the molecule is Cc1cccc2c1CSCC[C@H]2N. The molecular formula is C11H15NS. The van der Waals surface area contributed by atoms with Crippen LogP contribution in [0.2, 0.25) is 0 Å². The molecule has 1 heterocycles. The summed E-state index contributed by atoms with van der Waals surface area (Å²) in [7, 11) is 0. The molecule has 0 radical (unpaired) electrons. The summed E-state index contributed by atoms with van der Waals surface area (Å²) in [4.78, 5) is 0. The lowest BCUT2D eigenvalue weighted by molar-refractivity contribution is 0.704. The van der Waals surface area contributed by atoms with Gasteiger partial charge in [-0.2, -0.15) is 11.8 Å². The Balaban J connectivity index is 2.47. The third-order valence-electron chi connectivity index (χ3n) is 2.67. The number of benzene rings is 1. The second-order valence-corrected chi connectivity index (χ2v) is 4.70. The monoisotopic (exact) mass is 193 g/mol. The topological polar surface area (TPSA) is 26.0 Å². The van der Waals surface area contributed by atoms with Crippen molar-refractivity contribution in [3.8, 4) is 0 Å². The average Bonchev–Trinajstić information content (AvgIpc) is 2.30. The van der Waals surface area contributed by atoms with Crippen molar-refractivity contribution in [2.45, 2.75) is 25.1 Å². The Kier molecular flexibility index (Phi) is 2.61. The van der Waals surface area contributed by atoms with Crippen LogP contribution in [-0.4, -0.2) is 5.75 Å². The molecule has 0 aliphatic carbocycles. The molecule has 1 aromatic carbocycles. The van der Waals surface area contributed by atoms with E-state index in [0.29, 0.717) is 0 Å². The molecule has 1 aliphatic heterocycles. The quantitative estimate of drug-likeness (QED) is 0.685. The maximum atomic E-state index is 6.10. The Bertz CT molecular complexity index is 309. The van der Waals surface area contributed by atoms with Crippen LogP contribution in [0, 0.1) is 6.92 Å². The van der Waals surface area contributed by atoms with Gasteiger partial charge in [-0.25, -0.2) is 0 Å². The number of nitrogens with two attached hydrogens (primary N) is 1. The summed E-state index contributed by atoms with van der Waals surface area (Å²) in [6, 6.07) is 6.73. The van der Waals surface area contributed by atoms with Crippen molar-refractivity contribution in [3.63, 3.8) is 0 Å². The van der Waals surface area contributed by atoms with Crippen LogP contribution in [0.25, 0.3) is 0 Å². The fourth-order valence-corrected chi connectivity index (χ4v) is 2.97. The van der Waals surface area contributed by atoms with Crippen molar-refractivity contribution < 1.29 is 0 Å². The standard InChI is InChI=1S/C11H15NS/c1-8-3-2-4-9-10(8)7-13-6-5-11(9)12/h2-4,11H,5-7,12H2,1H3/t11-/m1/s1. The molecule has 1 nitrogen and oxygen atoms in total. The molecule has 2 N–H and O–H groups in total. The number of thioether (sulfide) groups is 1. The Morgan fingerprint density at radius 3 is 3.15 bits per heavy atom. The highest BCUT2D eigenvalue weighted by Crippen LogP contribution is 2.30. The minimum absolute atomic E-state index is 0.255. The number of fused-ring (bicyclic) bond motifs is 1. The number of hydrogen-bond acceptors (Lipinski definition) is 2. The van der Waals surface area contributed by atoms with E-state index >= 15 is 0 Å². The zero-order valence-electron chi connectivity index (χ0n) is 7.92. The highest BCUT2D eigenvalue weighted by molar-refractivity contribution is 7.98. The molecule has 1 aromatic rings. The van der Waals surface area contributed by atoms with Crippen molar-refractivity contribution in [3.05, 3.63) is 34.9 Å². The molecule has 1 aliphatic rings. The molecule has 13 heavy (non-hydrogen) atoms. The number of rotatable bonds is 0. The average molecular weight is 193 g/mol. The second-order valence-electron chi connectivity index (χ2n) is 3.59. The lowest BCUT2D eigenvalue weighted by Crippen LogP contribution is -2.11. The Labute approximate surface area is 83.7 Å². The van der Waals surface area contributed by atoms with Crippen LogP contribution >= 0.6 is 11.8 Å². The maximum Gasteiger partial charge on any atom is 0.0305 e. The van der Waals surface area contributed by atoms with Gasteiger partial charge < -0.3 is 5.73 Å². The third kappa shape index (κ3) is 1.74. The summed E-state index contributed by atoms with van der Waals surface area (Å²) in [6.07, 6.45) is 1.11. The Hall–Kier alpha value is -0.470. The maximum absolute atomic E-state index is 6.10. The molecule has 0 aromatic heterocycles. The minimum Gasteiger partial charge on any atom is -0.324 e. The molecule has 1 atom stereocenters. The minimum atomic E-state index is 0.255. The third-order valence-corrected chi connectivity index (χ3v) is 3.68. The fourth-order valence-electron chi connectivity index (χ4n) is 1.81. The van der Waals surface area contributed by atoms with Crippen LogP contribution in [0.3, 0.4) is 0 Å². The zero-order valence-corrected chi connectivity index (χ0v) is 8.73. The summed E-state index contributed by atoms with van der Waals surface area (Å²) in [5.74, 6) is 2.32. The van der Waals surface area contributed by atoms with E-state index in [9.17, 15) is 0 Å². The van der Waals surface area contributed by atoms with Crippen LogP contribution in [0.5, 0.6) is 0 Å². The first-order valence-electron chi connectivity index (χ1n) is 4.71. The van der Waals surface area contributed by atoms with E-state index in [0.717, 1.165) is 12.2 Å². The second kappa shape index (κ2) is 3.72. The van der Waals surface area contributed by atoms with Gasteiger partial charge in [-0.05, 0) is 35.8 Å². The van der Waals surface area contributed by atoms with Crippen LogP contribution < -0.4 is 5.73 Å². The molecule has 2 heteroatoms. The van der Waals surface area contributed by atoms with Gasteiger partial charge in [0, 0.05) is 11.8 Å². The summed E-state index contributed by atoms with van der Waals surface area (Å²) in [6.45, 7) is 2.18. The van der Waals surface area contributed by atoms with Crippen molar-refractivity contribution in [1.82, 2.24) is 0 Å². The van der Waals surface area contributed by atoms with E-state index in [1.807, 2.05) is 11.8 Å². The van der Waals surface area contributed by atoms with E-state index in [2.05, 4.69) is 25.1 Å². The molecule has 0 spiro atoms. The van der Waals surface area contributed by atoms with Crippen molar-refractivity contribution in [1.29, 1.82) is 0 Å². The number of aryl methyl sites for hydroxylation is 1. The zero-order chi connectivity index (χ0) is 9.26. The van der Waals surface area contributed by atoms with E-state index in [4.69, 9.17) is 5.73 Å². The van der Waals surface area contributed by atoms with E-state index in [1.165, 1.54) is 22.4 Å². The van der Waals surface area contributed by atoms with Crippen LogP contribution in [0.4, 0.5) is 0 Å². The molecule has 70 valence electrons. The highest BCUT2D eigenvalue weighted by atomic mass is 32.2. The lowest BCUT2D eigenvalue weighted by atomic mass is 9.97. The van der Waals surface area contributed by atoms with Gasteiger partial charge in [0.1, 0.15) is 0 Å². The normalized spacial score (nSPS) is 22.2. The van der Waals surface area contributed by atoms with E-state index in [-0.39, 0.29) is 6.04 Å². The predicted octanol–water partition coefficient (Wildman–Crippen LogP) is 2.63. The van der Waals surface area contributed by atoms with Gasteiger partial charge in [0.25, 0.3) is 0 Å². The van der Waals surface area contributed by atoms with Crippen molar-refractivity contribution in [2.24, 2.45) is 5.73 Å². The lowest BCUT2D eigenvalue weighted by Gasteiger charge is -2.13. The molecule has 0 bridgehead atoms. The first kappa shape index (κ1) is 9.10. The summed E-state index contributed by atoms with van der Waals surface area (Å²) in [5.41, 5.74) is 10.3. The molecule has 0 amide bonds. The van der Waals surface area contributed by atoms with Gasteiger partial charge in [-0.1, -0.05) is 18.2 Å². The summed E-state index contributed by atoms with van der Waals surface area (Å²) < 4.78 is 0. The first-order valence-corrected chi connectivity index (χ1v) is 5.86. The van der Waals surface area contributed by atoms with Crippen molar-refractivity contribution >= 4 is 11.8 Å². The van der Waals surface area contributed by atoms with Gasteiger partial charge in [0.05, 0.1) is 0 Å². The van der Waals surface area contributed by atoms with Crippen LogP contribution in [0.1, 0.15) is 29.2 Å². The van der Waals surface area contributed by atoms with Gasteiger partial charge in [0.2, 0.25) is 0 Å². The van der Waals surface area contributed by atoms with E-state index in [1.54, 1.807) is 0 Å². The molecule has 0 unspecified atom stereocenters. The van der Waals surface area contributed by atoms with Crippen molar-refractivity contribution in [2.75, 3.05) is 5.75 Å². The predicted molar refractivity (Wildman–Crippen MR) is 58.9 cm³/mol. The smallest absolute Gasteiger partial charge is 0.0305 e. The highest BCUT2D eigenvalue weighted by Gasteiger charge is 2.15. The van der Waals surface area contributed by atoms with Crippen LogP contribution in [-0.2, 0) is 5.75 Å². The van der Waals surface area contributed by atoms with E-state index < -0.39 is 0 Å². The summed E-state index contributed by atoms with van der Waals surface area (Å²) in [5, 5.41) is 0. The van der Waals surface area contributed by atoms with Gasteiger partial charge >= 0.3 is 0 Å². The fraction of sp³-hybridized carbons (Fsp3) is 0.455. The molecule has 0 saturated heterocycles. The van der Waals surface area contributed by atoms with Gasteiger partial charge in [0.15, 0.2) is 0 Å². The largest absolute Gasteiger partial charge is 0.324 e.